The topological polar surface area (TPSA) is 12.5 Å². The molecule has 1 aliphatic rings. The first-order chi connectivity index (χ1) is 8.63. The molecule has 1 saturated heterocycles. The standard InChI is InChI=1S/C13H15Cl2NOS/c1-2-17-12-10(14)7-9(8-11(12)15)13(18)16-5-3-4-6-16/h7-8H,2-6H2,1H3. The molecule has 1 fully saturated rings. The summed E-state index contributed by atoms with van der Waals surface area (Å²) >= 11 is 17.8. The number of nitrogens with zero attached hydrogens (tertiary/aromatic N) is 1. The van der Waals surface area contributed by atoms with Crippen LogP contribution in [0.2, 0.25) is 10.0 Å². The normalized spacial score (nSPS) is 14.9. The molecule has 1 aromatic carbocycles. The molecule has 1 aliphatic heterocycles. The molecule has 0 amide bonds. The SMILES string of the molecule is CCOc1c(Cl)cc(C(=S)N2CCCC2)cc1Cl. The lowest BCUT2D eigenvalue weighted by molar-refractivity contribution is 0.340. The van der Waals surface area contributed by atoms with Crippen LogP contribution in [0.3, 0.4) is 0 Å². The van der Waals surface area contributed by atoms with E-state index in [1.807, 2.05) is 19.1 Å². The molecule has 0 saturated carbocycles. The zero-order valence-corrected chi connectivity index (χ0v) is 12.5. The smallest absolute Gasteiger partial charge is 0.156 e. The van der Waals surface area contributed by atoms with Crippen molar-refractivity contribution >= 4 is 40.4 Å². The second-order valence-electron chi connectivity index (χ2n) is 4.20. The number of halogens is 2. The fourth-order valence-corrected chi connectivity index (χ4v) is 2.96. The first-order valence-electron chi connectivity index (χ1n) is 6.04. The molecule has 0 aromatic heterocycles. The largest absolute Gasteiger partial charge is 0.491 e. The highest BCUT2D eigenvalue weighted by Crippen LogP contribution is 2.34. The van der Waals surface area contributed by atoms with Crippen molar-refractivity contribution in [3.05, 3.63) is 27.7 Å². The van der Waals surface area contributed by atoms with Crippen molar-refractivity contribution in [2.75, 3.05) is 19.7 Å². The highest BCUT2D eigenvalue weighted by atomic mass is 35.5. The number of hydrogen-bond acceptors (Lipinski definition) is 2. The van der Waals surface area contributed by atoms with Gasteiger partial charge in [0.25, 0.3) is 0 Å². The Morgan fingerprint density at radius 1 is 1.28 bits per heavy atom. The second kappa shape index (κ2) is 6.09. The van der Waals surface area contributed by atoms with Crippen LogP contribution in [0, 0.1) is 0 Å². The van der Waals surface area contributed by atoms with Crippen LogP contribution < -0.4 is 4.74 Å². The molecule has 5 heteroatoms. The van der Waals surface area contributed by atoms with E-state index in [1.165, 1.54) is 12.8 Å². The average Bonchev–Trinajstić information content (AvgIpc) is 2.86. The van der Waals surface area contributed by atoms with Gasteiger partial charge in [-0.1, -0.05) is 35.4 Å². The number of benzene rings is 1. The van der Waals surface area contributed by atoms with Gasteiger partial charge >= 0.3 is 0 Å². The molecule has 0 spiro atoms. The molecule has 1 aromatic rings. The van der Waals surface area contributed by atoms with E-state index in [9.17, 15) is 0 Å². The summed E-state index contributed by atoms with van der Waals surface area (Å²) < 4.78 is 5.41. The average molecular weight is 304 g/mol. The van der Waals surface area contributed by atoms with Crippen LogP contribution in [0.1, 0.15) is 25.3 Å². The Kier molecular flexibility index (Phi) is 4.71. The summed E-state index contributed by atoms with van der Waals surface area (Å²) in [6.07, 6.45) is 2.39. The van der Waals surface area contributed by atoms with Crippen LogP contribution in [-0.4, -0.2) is 29.6 Å². The third-order valence-corrected chi connectivity index (χ3v) is 3.98. The van der Waals surface area contributed by atoms with E-state index in [0.717, 1.165) is 23.6 Å². The van der Waals surface area contributed by atoms with Gasteiger partial charge in [0.15, 0.2) is 5.75 Å². The minimum Gasteiger partial charge on any atom is -0.491 e. The Labute approximate surface area is 123 Å². The third-order valence-electron chi connectivity index (χ3n) is 2.93. The molecule has 0 radical (unpaired) electrons. The van der Waals surface area contributed by atoms with E-state index in [2.05, 4.69) is 4.90 Å². The van der Waals surface area contributed by atoms with Crippen molar-refractivity contribution in [2.24, 2.45) is 0 Å². The summed E-state index contributed by atoms with van der Waals surface area (Å²) in [5, 5.41) is 1.03. The van der Waals surface area contributed by atoms with Gasteiger partial charge in [-0.15, -0.1) is 0 Å². The Morgan fingerprint density at radius 2 is 1.83 bits per heavy atom. The molecule has 98 valence electrons. The maximum atomic E-state index is 6.18. The number of ether oxygens (including phenoxy) is 1. The van der Waals surface area contributed by atoms with E-state index in [0.29, 0.717) is 22.4 Å². The Bertz CT molecular complexity index is 435. The quantitative estimate of drug-likeness (QED) is 0.778. The minimum absolute atomic E-state index is 0.515. The number of likely N-dealkylation sites (tertiary alicyclic amines) is 1. The molecule has 2 nitrogen and oxygen atoms in total. The van der Waals surface area contributed by atoms with Crippen LogP contribution in [0.15, 0.2) is 12.1 Å². The minimum atomic E-state index is 0.515. The van der Waals surface area contributed by atoms with Crippen LogP contribution in [0.4, 0.5) is 0 Å². The molecule has 0 N–H and O–H groups in total. The van der Waals surface area contributed by atoms with Gasteiger partial charge in [-0.05, 0) is 31.9 Å². The summed E-state index contributed by atoms with van der Waals surface area (Å²) in [4.78, 5) is 3.01. The highest BCUT2D eigenvalue weighted by Gasteiger charge is 2.18. The lowest BCUT2D eigenvalue weighted by Crippen LogP contribution is -2.26. The van der Waals surface area contributed by atoms with Crippen molar-refractivity contribution in [3.63, 3.8) is 0 Å². The molecule has 0 unspecified atom stereocenters. The van der Waals surface area contributed by atoms with E-state index >= 15 is 0 Å². The molecular formula is C13H15Cl2NOS. The monoisotopic (exact) mass is 303 g/mol. The van der Waals surface area contributed by atoms with Crippen molar-refractivity contribution in [1.82, 2.24) is 4.90 Å². The van der Waals surface area contributed by atoms with Gasteiger partial charge < -0.3 is 9.64 Å². The van der Waals surface area contributed by atoms with Crippen molar-refractivity contribution in [1.29, 1.82) is 0 Å². The van der Waals surface area contributed by atoms with Gasteiger partial charge in [-0.3, -0.25) is 0 Å². The zero-order chi connectivity index (χ0) is 13.1. The first-order valence-corrected chi connectivity index (χ1v) is 7.21. The van der Waals surface area contributed by atoms with E-state index in [4.69, 9.17) is 40.2 Å². The van der Waals surface area contributed by atoms with E-state index in [1.54, 1.807) is 0 Å². The Morgan fingerprint density at radius 3 is 2.33 bits per heavy atom. The van der Waals surface area contributed by atoms with Crippen molar-refractivity contribution < 1.29 is 4.74 Å². The maximum Gasteiger partial charge on any atom is 0.156 e. The molecule has 0 aliphatic carbocycles. The lowest BCUT2D eigenvalue weighted by atomic mass is 10.2. The Hall–Kier alpha value is -0.510. The van der Waals surface area contributed by atoms with Crippen LogP contribution in [0.25, 0.3) is 0 Å². The van der Waals surface area contributed by atoms with Crippen molar-refractivity contribution in [3.8, 4) is 5.75 Å². The molecule has 1 heterocycles. The summed E-state index contributed by atoms with van der Waals surface area (Å²) in [6, 6.07) is 3.66. The molecule has 2 rings (SSSR count). The summed E-state index contributed by atoms with van der Waals surface area (Å²) in [5.74, 6) is 0.536. The van der Waals surface area contributed by atoms with E-state index in [-0.39, 0.29) is 0 Å². The van der Waals surface area contributed by atoms with Gasteiger partial charge in [-0.2, -0.15) is 0 Å². The molecule has 0 bridgehead atoms. The third kappa shape index (κ3) is 2.90. The second-order valence-corrected chi connectivity index (χ2v) is 5.40. The number of thiocarbonyl (C=S) groups is 1. The molecular weight excluding hydrogens is 289 g/mol. The van der Waals surface area contributed by atoms with Gasteiger partial charge in [0, 0.05) is 18.7 Å². The summed E-state index contributed by atoms with van der Waals surface area (Å²) in [5.41, 5.74) is 0.894. The predicted molar refractivity (Wildman–Crippen MR) is 80.1 cm³/mol. The van der Waals surface area contributed by atoms with Gasteiger partial charge in [0.1, 0.15) is 4.99 Å². The van der Waals surface area contributed by atoms with Gasteiger partial charge in [0.05, 0.1) is 16.7 Å². The molecule has 18 heavy (non-hydrogen) atoms. The molecule has 0 atom stereocenters. The highest BCUT2D eigenvalue weighted by molar-refractivity contribution is 7.80. The predicted octanol–water partition coefficient (Wildman–Crippen LogP) is 4.16. The van der Waals surface area contributed by atoms with E-state index < -0.39 is 0 Å². The summed E-state index contributed by atoms with van der Waals surface area (Å²) in [6.45, 7) is 4.47. The number of hydrogen-bond donors (Lipinski definition) is 0. The van der Waals surface area contributed by atoms with Gasteiger partial charge in [-0.25, -0.2) is 0 Å². The summed E-state index contributed by atoms with van der Waals surface area (Å²) in [7, 11) is 0. The first kappa shape index (κ1) is 13.9. The Balaban J connectivity index is 2.26. The van der Waals surface area contributed by atoms with Crippen molar-refractivity contribution in [2.45, 2.75) is 19.8 Å². The van der Waals surface area contributed by atoms with Gasteiger partial charge in [0.2, 0.25) is 0 Å². The fourth-order valence-electron chi connectivity index (χ4n) is 2.07. The van der Waals surface area contributed by atoms with Crippen LogP contribution >= 0.6 is 35.4 Å². The lowest BCUT2D eigenvalue weighted by Gasteiger charge is -2.19. The van der Waals surface area contributed by atoms with Crippen LogP contribution in [-0.2, 0) is 0 Å². The van der Waals surface area contributed by atoms with Crippen LogP contribution in [0.5, 0.6) is 5.75 Å². The number of rotatable bonds is 3. The zero-order valence-electron chi connectivity index (χ0n) is 10.2. The fraction of sp³-hybridized carbons (Fsp3) is 0.462. The maximum absolute atomic E-state index is 6.18.